The molecule has 0 saturated carbocycles. The Morgan fingerprint density at radius 2 is 2.36 bits per heavy atom. The van der Waals surface area contributed by atoms with E-state index in [0.717, 1.165) is 6.54 Å². The number of piperidine rings is 1. The number of anilines is 1. The molecular weight excluding hydrogens is 194 g/mol. The van der Waals surface area contributed by atoms with Crippen LogP contribution in [0.4, 0.5) is 5.13 Å². The van der Waals surface area contributed by atoms with E-state index in [-0.39, 0.29) is 0 Å². The highest BCUT2D eigenvalue weighted by Gasteiger charge is 2.22. The van der Waals surface area contributed by atoms with Crippen LogP contribution in [0.1, 0.15) is 29.3 Å². The fraction of sp³-hybridized carbons (Fsp3) is 0.700. The Balaban J connectivity index is 2.17. The van der Waals surface area contributed by atoms with E-state index in [9.17, 15) is 0 Å². The van der Waals surface area contributed by atoms with E-state index in [1.54, 1.807) is 11.3 Å². The van der Waals surface area contributed by atoms with Crippen molar-refractivity contribution in [2.24, 2.45) is 0 Å². The number of hydrogen-bond donors (Lipinski definition) is 1. The van der Waals surface area contributed by atoms with Gasteiger partial charge in [0, 0.05) is 17.3 Å². The highest BCUT2D eigenvalue weighted by Crippen LogP contribution is 2.31. The van der Waals surface area contributed by atoms with Crippen molar-refractivity contribution in [3.63, 3.8) is 0 Å². The molecule has 4 heteroatoms. The van der Waals surface area contributed by atoms with Crippen molar-refractivity contribution in [3.05, 3.63) is 10.6 Å². The first kappa shape index (κ1) is 9.93. The van der Waals surface area contributed by atoms with Crippen LogP contribution >= 0.6 is 11.3 Å². The van der Waals surface area contributed by atoms with Crippen LogP contribution < -0.4 is 5.73 Å². The quantitative estimate of drug-likeness (QED) is 0.770. The Morgan fingerprint density at radius 1 is 1.57 bits per heavy atom. The molecule has 1 atom stereocenters. The molecule has 1 aliphatic heterocycles. The first-order chi connectivity index (χ1) is 6.66. The Bertz CT molecular complexity index is 321. The third kappa shape index (κ3) is 1.91. The van der Waals surface area contributed by atoms with Crippen molar-refractivity contribution in [2.75, 3.05) is 25.9 Å². The molecule has 0 aliphatic carbocycles. The molecule has 1 aromatic rings. The van der Waals surface area contributed by atoms with Crippen molar-refractivity contribution >= 4 is 16.5 Å². The minimum Gasteiger partial charge on any atom is -0.375 e. The van der Waals surface area contributed by atoms with Gasteiger partial charge in [0.05, 0.1) is 5.69 Å². The lowest BCUT2D eigenvalue weighted by atomic mass is 9.95. The summed E-state index contributed by atoms with van der Waals surface area (Å²) in [5, 5.41) is 0.714. The lowest BCUT2D eigenvalue weighted by molar-refractivity contribution is 0.248. The predicted molar refractivity (Wildman–Crippen MR) is 60.7 cm³/mol. The molecule has 1 aliphatic rings. The van der Waals surface area contributed by atoms with Crippen LogP contribution in [0.15, 0.2) is 0 Å². The van der Waals surface area contributed by atoms with Crippen LogP contribution in [0.2, 0.25) is 0 Å². The molecule has 3 nitrogen and oxygen atoms in total. The molecule has 14 heavy (non-hydrogen) atoms. The average Bonchev–Trinajstić information content (AvgIpc) is 2.45. The summed E-state index contributed by atoms with van der Waals surface area (Å²) in [7, 11) is 2.18. The molecule has 78 valence electrons. The van der Waals surface area contributed by atoms with Gasteiger partial charge < -0.3 is 10.6 Å². The summed E-state index contributed by atoms with van der Waals surface area (Å²) in [6.07, 6.45) is 2.53. The molecule has 0 aromatic carbocycles. The first-order valence-electron chi connectivity index (χ1n) is 5.08. The van der Waals surface area contributed by atoms with Crippen LogP contribution in [0.3, 0.4) is 0 Å². The summed E-state index contributed by atoms with van der Waals surface area (Å²) in [4.78, 5) is 8.11. The molecule has 2 heterocycles. The Labute approximate surface area is 88.9 Å². The van der Waals surface area contributed by atoms with Crippen LogP contribution in [0.5, 0.6) is 0 Å². The second kappa shape index (κ2) is 3.87. The lowest BCUT2D eigenvalue weighted by Crippen LogP contribution is -2.31. The highest BCUT2D eigenvalue weighted by atomic mass is 32.1. The molecule has 0 radical (unpaired) electrons. The number of nitrogens with two attached hydrogens (primary N) is 1. The minimum absolute atomic E-state index is 0.599. The molecule has 1 fully saturated rings. The second-order valence-corrected chi connectivity index (χ2v) is 5.33. The van der Waals surface area contributed by atoms with E-state index in [1.165, 1.54) is 30.0 Å². The third-order valence-corrected chi connectivity index (χ3v) is 3.68. The van der Waals surface area contributed by atoms with Crippen molar-refractivity contribution in [2.45, 2.75) is 25.7 Å². The van der Waals surface area contributed by atoms with Gasteiger partial charge in [-0.15, -0.1) is 11.3 Å². The number of likely N-dealkylation sites (tertiary alicyclic amines) is 1. The Morgan fingerprint density at radius 3 is 2.93 bits per heavy atom. The largest absolute Gasteiger partial charge is 0.375 e. The summed E-state index contributed by atoms with van der Waals surface area (Å²) in [5.74, 6) is 0.599. The topological polar surface area (TPSA) is 42.1 Å². The van der Waals surface area contributed by atoms with Crippen molar-refractivity contribution in [3.8, 4) is 0 Å². The van der Waals surface area contributed by atoms with E-state index < -0.39 is 0 Å². The first-order valence-corrected chi connectivity index (χ1v) is 5.90. The lowest BCUT2D eigenvalue weighted by Gasteiger charge is -2.28. The second-order valence-electron chi connectivity index (χ2n) is 4.09. The van der Waals surface area contributed by atoms with Gasteiger partial charge in [-0.1, -0.05) is 0 Å². The Hall–Kier alpha value is -0.610. The van der Waals surface area contributed by atoms with Crippen LogP contribution in [0, 0.1) is 6.92 Å². The van der Waals surface area contributed by atoms with E-state index in [0.29, 0.717) is 11.0 Å². The zero-order valence-electron chi connectivity index (χ0n) is 8.79. The summed E-state index contributed by atoms with van der Waals surface area (Å²) in [6, 6.07) is 0. The van der Waals surface area contributed by atoms with Crippen LogP contribution in [-0.2, 0) is 0 Å². The molecule has 0 spiro atoms. The van der Waals surface area contributed by atoms with Crippen molar-refractivity contribution in [1.29, 1.82) is 0 Å². The van der Waals surface area contributed by atoms with Gasteiger partial charge in [0.25, 0.3) is 0 Å². The molecule has 0 bridgehead atoms. The van der Waals surface area contributed by atoms with Gasteiger partial charge in [-0.05, 0) is 33.4 Å². The summed E-state index contributed by atoms with van der Waals surface area (Å²) < 4.78 is 0. The molecule has 0 amide bonds. The van der Waals surface area contributed by atoms with E-state index >= 15 is 0 Å². The maximum absolute atomic E-state index is 5.71. The number of aromatic nitrogens is 1. The fourth-order valence-corrected chi connectivity index (χ4v) is 2.97. The molecule has 2 rings (SSSR count). The van der Waals surface area contributed by atoms with E-state index in [4.69, 9.17) is 5.73 Å². The maximum Gasteiger partial charge on any atom is 0.180 e. The predicted octanol–water partition coefficient (Wildman–Crippen LogP) is 1.84. The normalized spacial score (nSPS) is 24.0. The van der Waals surface area contributed by atoms with Gasteiger partial charge in [-0.3, -0.25) is 0 Å². The number of thiazole rings is 1. The molecule has 2 N–H and O–H groups in total. The zero-order chi connectivity index (χ0) is 10.1. The standard InChI is InChI=1S/C10H17N3S/c1-7-9(12-10(11)14-7)8-4-3-5-13(2)6-8/h8H,3-6H2,1-2H3,(H2,11,12)/t8-/m1/s1. The summed E-state index contributed by atoms with van der Waals surface area (Å²) in [6.45, 7) is 4.47. The molecule has 1 aromatic heterocycles. The number of aryl methyl sites for hydroxylation is 1. The SMILES string of the molecule is Cc1sc(N)nc1[C@@H]1CCCN(C)C1. The van der Waals surface area contributed by atoms with Gasteiger partial charge >= 0.3 is 0 Å². The van der Waals surface area contributed by atoms with E-state index in [1.807, 2.05) is 0 Å². The monoisotopic (exact) mass is 211 g/mol. The van der Waals surface area contributed by atoms with Crippen molar-refractivity contribution < 1.29 is 0 Å². The number of likely N-dealkylation sites (N-methyl/N-ethyl adjacent to an activating group) is 1. The van der Waals surface area contributed by atoms with Gasteiger partial charge in [0.2, 0.25) is 0 Å². The number of rotatable bonds is 1. The number of hydrogen-bond acceptors (Lipinski definition) is 4. The number of nitrogen functional groups attached to an aromatic ring is 1. The smallest absolute Gasteiger partial charge is 0.180 e. The van der Waals surface area contributed by atoms with Crippen LogP contribution in [-0.4, -0.2) is 30.0 Å². The van der Waals surface area contributed by atoms with Gasteiger partial charge in [0.1, 0.15) is 0 Å². The number of nitrogens with zero attached hydrogens (tertiary/aromatic N) is 2. The Kier molecular flexibility index (Phi) is 2.74. The van der Waals surface area contributed by atoms with Gasteiger partial charge in [-0.25, -0.2) is 4.98 Å². The van der Waals surface area contributed by atoms with Crippen LogP contribution in [0.25, 0.3) is 0 Å². The average molecular weight is 211 g/mol. The molecule has 1 saturated heterocycles. The van der Waals surface area contributed by atoms with Gasteiger partial charge in [0.15, 0.2) is 5.13 Å². The van der Waals surface area contributed by atoms with E-state index in [2.05, 4.69) is 23.9 Å². The molecular formula is C10H17N3S. The summed E-state index contributed by atoms with van der Waals surface area (Å²) >= 11 is 1.61. The summed E-state index contributed by atoms with van der Waals surface area (Å²) in [5.41, 5.74) is 6.95. The zero-order valence-corrected chi connectivity index (χ0v) is 9.60. The highest BCUT2D eigenvalue weighted by molar-refractivity contribution is 7.15. The minimum atomic E-state index is 0.599. The maximum atomic E-state index is 5.71. The third-order valence-electron chi connectivity index (χ3n) is 2.86. The van der Waals surface area contributed by atoms with Crippen molar-refractivity contribution in [1.82, 2.24) is 9.88 Å². The molecule has 0 unspecified atom stereocenters. The fourth-order valence-electron chi connectivity index (χ4n) is 2.20. The van der Waals surface area contributed by atoms with Gasteiger partial charge in [-0.2, -0.15) is 0 Å².